The molecule has 6 heteroatoms. The van der Waals surface area contributed by atoms with E-state index in [0.717, 1.165) is 53.7 Å². The van der Waals surface area contributed by atoms with Gasteiger partial charge < -0.3 is 14.9 Å². The second kappa shape index (κ2) is 7.92. The summed E-state index contributed by atoms with van der Waals surface area (Å²) >= 11 is 3.44. The van der Waals surface area contributed by atoms with Gasteiger partial charge in [-0.25, -0.2) is 4.98 Å². The molecule has 0 amide bonds. The summed E-state index contributed by atoms with van der Waals surface area (Å²) in [6, 6.07) is 9.90. The maximum absolute atomic E-state index is 10.7. The van der Waals surface area contributed by atoms with Gasteiger partial charge in [0.2, 0.25) is 5.95 Å². The predicted octanol–water partition coefficient (Wildman–Crippen LogP) is 3.72. The van der Waals surface area contributed by atoms with Crippen molar-refractivity contribution in [1.82, 2.24) is 9.97 Å². The van der Waals surface area contributed by atoms with E-state index < -0.39 is 6.10 Å². The zero-order valence-corrected chi connectivity index (χ0v) is 16.5. The number of hydrogen-bond acceptors (Lipinski definition) is 5. The van der Waals surface area contributed by atoms with Crippen LogP contribution in [0, 0.1) is 0 Å². The van der Waals surface area contributed by atoms with Crippen LogP contribution in [0.1, 0.15) is 43.0 Å². The first-order chi connectivity index (χ1) is 12.7. The zero-order valence-electron chi connectivity index (χ0n) is 14.9. The lowest BCUT2D eigenvalue weighted by Gasteiger charge is -2.22. The molecule has 0 radical (unpaired) electrons. The maximum atomic E-state index is 10.7. The number of benzene rings is 1. The smallest absolute Gasteiger partial charge is 0.227 e. The Bertz CT molecular complexity index is 706. The van der Waals surface area contributed by atoms with Gasteiger partial charge in [0.25, 0.3) is 0 Å². The number of halogens is 1. The fraction of sp³-hybridized carbons (Fsp3) is 0.500. The summed E-state index contributed by atoms with van der Waals surface area (Å²) in [7, 11) is 0. The van der Waals surface area contributed by atoms with Crippen LogP contribution in [0.25, 0.3) is 0 Å². The fourth-order valence-corrected chi connectivity index (χ4v) is 4.01. The number of aliphatic hydroxyl groups is 1. The summed E-state index contributed by atoms with van der Waals surface area (Å²) in [6.45, 7) is 4.17. The second-order valence-electron chi connectivity index (χ2n) is 7.18. The first kappa shape index (κ1) is 17.7. The second-order valence-corrected chi connectivity index (χ2v) is 8.09. The Morgan fingerprint density at radius 2 is 1.54 bits per heavy atom. The molecule has 0 saturated carbocycles. The van der Waals surface area contributed by atoms with E-state index in [-0.39, 0.29) is 0 Å². The van der Waals surface area contributed by atoms with Crippen LogP contribution in [0.2, 0.25) is 0 Å². The van der Waals surface area contributed by atoms with Crippen molar-refractivity contribution >= 4 is 27.7 Å². The molecule has 2 fully saturated rings. The lowest BCUT2D eigenvalue weighted by Crippen LogP contribution is -2.25. The molecular weight excluding hydrogens is 392 g/mol. The van der Waals surface area contributed by atoms with E-state index in [1.165, 1.54) is 25.7 Å². The zero-order chi connectivity index (χ0) is 17.9. The quantitative estimate of drug-likeness (QED) is 0.804. The van der Waals surface area contributed by atoms with Gasteiger partial charge in [0.15, 0.2) is 0 Å². The molecule has 1 N–H and O–H groups in total. The van der Waals surface area contributed by atoms with Crippen molar-refractivity contribution in [2.75, 3.05) is 36.0 Å². The van der Waals surface area contributed by atoms with E-state index in [0.29, 0.717) is 6.42 Å². The SMILES string of the molecule is OC(Cc1cc(N2CCCC2)nc(N2CCCC2)n1)c1ccc(Br)cc1. The van der Waals surface area contributed by atoms with Crippen LogP contribution >= 0.6 is 15.9 Å². The average molecular weight is 417 g/mol. The standard InChI is InChI=1S/C20H25BrN4O/c21-16-7-5-15(6-8-16)18(26)13-17-14-19(24-9-1-2-10-24)23-20(22-17)25-11-3-4-12-25/h5-8,14,18,26H,1-4,9-13H2. The highest BCUT2D eigenvalue weighted by Gasteiger charge is 2.21. The Kier molecular flexibility index (Phi) is 5.41. The molecule has 2 aliphatic heterocycles. The van der Waals surface area contributed by atoms with Crippen LogP contribution in [0.15, 0.2) is 34.8 Å². The summed E-state index contributed by atoms with van der Waals surface area (Å²) < 4.78 is 1.02. The summed E-state index contributed by atoms with van der Waals surface area (Å²) in [4.78, 5) is 14.2. The lowest BCUT2D eigenvalue weighted by molar-refractivity contribution is 0.177. The molecule has 5 nitrogen and oxygen atoms in total. The molecule has 4 rings (SSSR count). The molecule has 2 aromatic rings. The van der Waals surface area contributed by atoms with E-state index in [9.17, 15) is 5.11 Å². The number of hydrogen-bond donors (Lipinski definition) is 1. The molecule has 2 aliphatic rings. The van der Waals surface area contributed by atoms with Gasteiger partial charge in [0.05, 0.1) is 11.8 Å². The van der Waals surface area contributed by atoms with Crippen molar-refractivity contribution in [3.8, 4) is 0 Å². The Balaban J connectivity index is 1.59. The third-order valence-corrected chi connectivity index (χ3v) is 5.76. The third kappa shape index (κ3) is 4.01. The van der Waals surface area contributed by atoms with Crippen LogP contribution in [0.3, 0.4) is 0 Å². The summed E-state index contributed by atoms with van der Waals surface area (Å²) in [5, 5.41) is 10.7. The highest BCUT2D eigenvalue weighted by molar-refractivity contribution is 9.10. The Labute approximate surface area is 163 Å². The van der Waals surface area contributed by atoms with Gasteiger partial charge in [0.1, 0.15) is 5.82 Å². The first-order valence-corrected chi connectivity index (χ1v) is 10.3. The van der Waals surface area contributed by atoms with Gasteiger partial charge in [-0.05, 0) is 43.4 Å². The highest BCUT2D eigenvalue weighted by atomic mass is 79.9. The number of nitrogens with zero attached hydrogens (tertiary/aromatic N) is 4. The van der Waals surface area contributed by atoms with E-state index >= 15 is 0 Å². The van der Waals surface area contributed by atoms with Gasteiger partial charge in [-0.3, -0.25) is 0 Å². The number of rotatable bonds is 5. The molecule has 3 heterocycles. The molecule has 1 aromatic carbocycles. The van der Waals surface area contributed by atoms with Crippen molar-refractivity contribution in [1.29, 1.82) is 0 Å². The average Bonchev–Trinajstić information content (AvgIpc) is 3.36. The monoisotopic (exact) mass is 416 g/mol. The van der Waals surface area contributed by atoms with Crippen molar-refractivity contribution in [3.05, 3.63) is 46.1 Å². The Hall–Kier alpha value is -1.66. The minimum Gasteiger partial charge on any atom is -0.388 e. The van der Waals surface area contributed by atoms with Gasteiger partial charge in [0, 0.05) is 43.1 Å². The van der Waals surface area contributed by atoms with E-state index in [1.54, 1.807) is 0 Å². The normalized spacial score (nSPS) is 18.5. The van der Waals surface area contributed by atoms with Gasteiger partial charge in [-0.2, -0.15) is 4.98 Å². The van der Waals surface area contributed by atoms with Gasteiger partial charge in [-0.1, -0.05) is 28.1 Å². The fourth-order valence-electron chi connectivity index (χ4n) is 3.74. The summed E-state index contributed by atoms with van der Waals surface area (Å²) in [5.41, 5.74) is 1.83. The molecule has 138 valence electrons. The molecular formula is C20H25BrN4O. The van der Waals surface area contributed by atoms with Crippen LogP contribution in [-0.4, -0.2) is 41.3 Å². The molecule has 0 aliphatic carbocycles. The lowest BCUT2D eigenvalue weighted by atomic mass is 10.0. The minimum absolute atomic E-state index is 0.506. The highest BCUT2D eigenvalue weighted by Crippen LogP contribution is 2.26. The molecule has 1 atom stereocenters. The van der Waals surface area contributed by atoms with Crippen molar-refractivity contribution < 1.29 is 5.11 Å². The van der Waals surface area contributed by atoms with Crippen molar-refractivity contribution in [2.24, 2.45) is 0 Å². The molecule has 0 spiro atoms. The first-order valence-electron chi connectivity index (χ1n) is 9.50. The Morgan fingerprint density at radius 3 is 2.19 bits per heavy atom. The molecule has 26 heavy (non-hydrogen) atoms. The largest absolute Gasteiger partial charge is 0.388 e. The van der Waals surface area contributed by atoms with Gasteiger partial charge >= 0.3 is 0 Å². The maximum Gasteiger partial charge on any atom is 0.227 e. The van der Waals surface area contributed by atoms with E-state index in [4.69, 9.17) is 9.97 Å². The summed E-state index contributed by atoms with van der Waals surface area (Å²) in [6.07, 6.45) is 4.80. The predicted molar refractivity (Wildman–Crippen MR) is 108 cm³/mol. The van der Waals surface area contributed by atoms with Crippen LogP contribution < -0.4 is 9.80 Å². The molecule has 1 unspecified atom stereocenters. The van der Waals surface area contributed by atoms with Gasteiger partial charge in [-0.15, -0.1) is 0 Å². The minimum atomic E-state index is -0.559. The molecule has 0 bridgehead atoms. The number of aromatic nitrogens is 2. The van der Waals surface area contributed by atoms with Crippen LogP contribution in [-0.2, 0) is 6.42 Å². The molecule has 1 aromatic heterocycles. The van der Waals surface area contributed by atoms with Crippen LogP contribution in [0.4, 0.5) is 11.8 Å². The van der Waals surface area contributed by atoms with Crippen molar-refractivity contribution in [2.45, 2.75) is 38.2 Å². The summed E-state index contributed by atoms with van der Waals surface area (Å²) in [5.74, 6) is 1.84. The third-order valence-electron chi connectivity index (χ3n) is 5.23. The van der Waals surface area contributed by atoms with Crippen LogP contribution in [0.5, 0.6) is 0 Å². The van der Waals surface area contributed by atoms with E-state index in [2.05, 4.69) is 31.8 Å². The van der Waals surface area contributed by atoms with Crippen molar-refractivity contribution in [3.63, 3.8) is 0 Å². The Morgan fingerprint density at radius 1 is 0.923 bits per heavy atom. The molecule has 2 saturated heterocycles. The topological polar surface area (TPSA) is 52.5 Å². The number of anilines is 2. The number of aliphatic hydroxyl groups excluding tert-OH is 1. The van der Waals surface area contributed by atoms with E-state index in [1.807, 2.05) is 24.3 Å².